The molecule has 0 fully saturated rings. The summed E-state index contributed by atoms with van der Waals surface area (Å²) in [5, 5.41) is 1.06. The first kappa shape index (κ1) is 64.9. The maximum atomic E-state index is 15.5. The molecule has 434 valence electrons. The van der Waals surface area contributed by atoms with Crippen molar-refractivity contribution in [2.75, 3.05) is 52.9 Å². The van der Waals surface area contributed by atoms with E-state index in [0.717, 1.165) is 33.4 Å². The van der Waals surface area contributed by atoms with Gasteiger partial charge in [0.15, 0.2) is 0 Å². The lowest BCUT2D eigenvalue weighted by Crippen LogP contribution is -2.30. The highest BCUT2D eigenvalue weighted by Crippen LogP contribution is 2.54. The van der Waals surface area contributed by atoms with E-state index in [1.807, 2.05) is 197 Å². The quantitative estimate of drug-likeness (QED) is 0.0374. The van der Waals surface area contributed by atoms with E-state index in [-0.39, 0.29) is 52.9 Å². The van der Waals surface area contributed by atoms with Crippen LogP contribution in [0.3, 0.4) is 0 Å². The van der Waals surface area contributed by atoms with E-state index in [0.29, 0.717) is 99.4 Å². The molecule has 0 aromatic heterocycles. The first-order valence-electron chi connectivity index (χ1n) is 27.6. The molecule has 6 aromatic carbocycles. The Labute approximate surface area is 481 Å². The Hall–Kier alpha value is -5.22. The molecule has 0 bridgehead atoms. The topological polar surface area (TPSA) is 158 Å². The predicted molar refractivity (Wildman–Crippen MR) is 328 cm³/mol. The van der Waals surface area contributed by atoms with Gasteiger partial charge in [-0.3, -0.25) is 28.1 Å². The molecule has 6 aromatic rings. The lowest BCUT2D eigenvalue weighted by Gasteiger charge is -2.25. The minimum absolute atomic E-state index is 0.0968. The largest absolute Gasteiger partial charge is 0.376 e. The molecule has 0 aliphatic heterocycles. The monoisotopic (exact) mass is 1160 g/mol. The summed E-state index contributed by atoms with van der Waals surface area (Å²) in [6, 6.07) is 22.7. The number of aryl methyl sites for hydroxylation is 18. The van der Waals surface area contributed by atoms with Crippen molar-refractivity contribution in [3.05, 3.63) is 190 Å². The molecule has 0 saturated heterocycles. The Morgan fingerprint density at radius 3 is 0.728 bits per heavy atom. The third kappa shape index (κ3) is 14.6. The van der Waals surface area contributed by atoms with Crippen molar-refractivity contribution in [3.8, 4) is 0 Å². The number of hydrogen-bond donors (Lipinski definition) is 0. The molecule has 0 saturated carbocycles. The fourth-order valence-corrected chi connectivity index (χ4v) is 19.4. The van der Waals surface area contributed by atoms with Crippen molar-refractivity contribution in [2.45, 2.75) is 131 Å². The van der Waals surface area contributed by atoms with Crippen LogP contribution in [0.25, 0.3) is 0 Å². The van der Waals surface area contributed by atoms with Crippen molar-refractivity contribution >= 4 is 54.6 Å². The van der Waals surface area contributed by atoms with Crippen LogP contribution in [0, 0.1) is 125 Å². The van der Waals surface area contributed by atoms with E-state index >= 15 is 13.7 Å². The molecule has 0 amide bonds. The van der Waals surface area contributed by atoms with Crippen molar-refractivity contribution in [2.24, 2.45) is 0 Å². The normalized spacial score (nSPS) is 14.3. The van der Waals surface area contributed by atoms with Crippen LogP contribution < -0.4 is 15.9 Å². The molecule has 3 unspecified atom stereocenters. The van der Waals surface area contributed by atoms with Gasteiger partial charge >= 0.3 is 22.1 Å². The zero-order valence-electron chi connectivity index (χ0n) is 50.9. The highest BCUT2D eigenvalue weighted by atomic mass is 31.2. The summed E-state index contributed by atoms with van der Waals surface area (Å²) in [5.74, 6) is 0. The summed E-state index contributed by atoms with van der Waals surface area (Å²) < 4.78 is 83.8. The standard InChI is InChI=1S/C66H83O12P3/c1-39-25-45(7)58(46(8)26-39)64(67)79(70,61-51(13)31-42(4)32-52(61)14)76-22-19-73-37-57(75-21-24-78-81(72,63-55(17)35-44(6)36-56(63)18)66(69)60-49(11)29-41(3)30-50(60)12)38-74-20-23-77-80(71,62-53(15)33-43(5)34-54(62)16)65(68)59-47(9)27-40(2)28-48(59)10/h25-36,57H,19-24,37-38H2,1-18H3. The Kier molecular flexibility index (Phi) is 21.6. The van der Waals surface area contributed by atoms with E-state index in [1.165, 1.54) is 0 Å². The summed E-state index contributed by atoms with van der Waals surface area (Å²) in [6.07, 6.45) is -0.825. The molecular weight excluding hydrogens is 1080 g/mol. The minimum atomic E-state index is -4.27. The molecule has 3 atom stereocenters. The van der Waals surface area contributed by atoms with Crippen LogP contribution in [0.2, 0.25) is 0 Å². The van der Waals surface area contributed by atoms with Gasteiger partial charge in [0.2, 0.25) is 0 Å². The van der Waals surface area contributed by atoms with Gasteiger partial charge in [-0.05, 0) is 191 Å². The van der Waals surface area contributed by atoms with Gasteiger partial charge < -0.3 is 27.8 Å². The number of ether oxygens (including phenoxy) is 3. The van der Waals surface area contributed by atoms with Crippen LogP contribution in [0.5, 0.6) is 0 Å². The lowest BCUT2D eigenvalue weighted by molar-refractivity contribution is -0.0698. The highest BCUT2D eigenvalue weighted by Gasteiger charge is 2.43. The second kappa shape index (κ2) is 27.0. The summed E-state index contributed by atoms with van der Waals surface area (Å²) in [6.45, 7) is 32.4. The average molecular weight is 1160 g/mol. The van der Waals surface area contributed by atoms with E-state index in [1.54, 1.807) is 0 Å². The van der Waals surface area contributed by atoms with E-state index in [4.69, 9.17) is 27.8 Å². The van der Waals surface area contributed by atoms with Crippen molar-refractivity contribution in [3.63, 3.8) is 0 Å². The Morgan fingerprint density at radius 2 is 0.506 bits per heavy atom. The Balaban J connectivity index is 1.25. The Morgan fingerprint density at radius 1 is 0.309 bits per heavy atom. The van der Waals surface area contributed by atoms with Gasteiger partial charge in [0.05, 0.1) is 68.8 Å². The second-order valence-electron chi connectivity index (χ2n) is 22.3. The lowest BCUT2D eigenvalue weighted by atomic mass is 10.0. The summed E-state index contributed by atoms with van der Waals surface area (Å²) in [7, 11) is -12.7. The molecule has 0 spiro atoms. The van der Waals surface area contributed by atoms with Gasteiger partial charge in [0.1, 0.15) is 6.10 Å². The predicted octanol–water partition coefficient (Wildman–Crippen LogP) is 14.3. The number of carbonyl (C=O) groups is 3. The van der Waals surface area contributed by atoms with Crippen LogP contribution in [0.15, 0.2) is 72.8 Å². The van der Waals surface area contributed by atoms with Gasteiger partial charge in [-0.25, -0.2) is 0 Å². The van der Waals surface area contributed by atoms with Crippen molar-refractivity contribution in [1.82, 2.24) is 0 Å². The van der Waals surface area contributed by atoms with Crippen LogP contribution in [-0.4, -0.2) is 75.5 Å². The molecule has 81 heavy (non-hydrogen) atoms. The van der Waals surface area contributed by atoms with E-state index in [2.05, 4.69) is 0 Å². The third-order valence-corrected chi connectivity index (χ3v) is 22.4. The van der Waals surface area contributed by atoms with Gasteiger partial charge in [0.25, 0.3) is 16.6 Å². The van der Waals surface area contributed by atoms with Gasteiger partial charge in [-0.2, -0.15) is 0 Å². The maximum absolute atomic E-state index is 15.5. The fourth-order valence-electron chi connectivity index (χ4n) is 12.0. The van der Waals surface area contributed by atoms with Gasteiger partial charge in [-0.15, -0.1) is 0 Å². The number of hydrogen-bond acceptors (Lipinski definition) is 12. The van der Waals surface area contributed by atoms with Crippen LogP contribution in [0.1, 0.15) is 131 Å². The number of carbonyl (C=O) groups excluding carboxylic acids is 3. The first-order valence-corrected chi connectivity index (χ1v) is 32.5. The molecule has 0 aliphatic rings. The number of benzene rings is 6. The van der Waals surface area contributed by atoms with E-state index in [9.17, 15) is 14.4 Å². The maximum Gasteiger partial charge on any atom is 0.301 e. The first-order chi connectivity index (χ1) is 37.9. The van der Waals surface area contributed by atoms with Crippen LogP contribution in [-0.2, 0) is 41.5 Å². The second-order valence-corrected chi connectivity index (χ2v) is 28.9. The van der Waals surface area contributed by atoms with Crippen molar-refractivity contribution < 1.29 is 55.9 Å². The summed E-state index contributed by atoms with van der Waals surface area (Å²) in [4.78, 5) is 44.0. The smallest absolute Gasteiger partial charge is 0.301 e. The summed E-state index contributed by atoms with van der Waals surface area (Å²) >= 11 is 0. The fraction of sp³-hybridized carbons (Fsp3) is 0.409. The van der Waals surface area contributed by atoms with Crippen LogP contribution in [0.4, 0.5) is 0 Å². The van der Waals surface area contributed by atoms with Crippen LogP contribution >= 0.6 is 22.1 Å². The molecule has 0 aliphatic carbocycles. The minimum Gasteiger partial charge on any atom is -0.376 e. The third-order valence-electron chi connectivity index (χ3n) is 14.6. The van der Waals surface area contributed by atoms with E-state index < -0.39 is 44.8 Å². The SMILES string of the molecule is Cc1cc(C)c(C(=O)P(=O)(OCCOCC(COCCOP(=O)(C(=O)c2c(C)cc(C)cc2C)c2c(C)cc(C)cc2C)OCCOP(=O)(C(=O)c2c(C)cc(C)cc2C)c2c(C)cc(C)cc2C)c2c(C)cc(C)cc2C)c(C)c1. The molecule has 6 rings (SSSR count). The van der Waals surface area contributed by atoms with Gasteiger partial charge in [-0.1, -0.05) is 106 Å². The average Bonchev–Trinajstić information content (AvgIpc) is 3.32. The van der Waals surface area contributed by atoms with Gasteiger partial charge in [0, 0.05) is 16.7 Å². The van der Waals surface area contributed by atoms with Crippen molar-refractivity contribution in [1.29, 1.82) is 0 Å². The zero-order valence-corrected chi connectivity index (χ0v) is 53.6. The highest BCUT2D eigenvalue weighted by molar-refractivity contribution is 7.84. The molecular formula is C66H83O12P3. The molecule has 0 radical (unpaired) electrons. The molecule has 12 nitrogen and oxygen atoms in total. The molecule has 0 N–H and O–H groups in total. The zero-order chi connectivity index (χ0) is 60.1. The molecule has 0 heterocycles. The summed E-state index contributed by atoms with van der Waals surface area (Å²) in [5.41, 5.74) is 13.3. The Bertz CT molecular complexity index is 3260. The molecule has 15 heteroatoms. The number of rotatable bonds is 26.